The van der Waals surface area contributed by atoms with E-state index in [0.717, 1.165) is 16.4 Å². The first-order valence-corrected chi connectivity index (χ1v) is 10.7. The van der Waals surface area contributed by atoms with Crippen molar-refractivity contribution in [1.82, 2.24) is 15.0 Å². The Morgan fingerprint density at radius 3 is 2.67 bits per heavy atom. The number of amides is 1. The number of nitrogens with two attached hydrogens (primary N) is 1. The van der Waals surface area contributed by atoms with Crippen molar-refractivity contribution in [3.63, 3.8) is 0 Å². The predicted molar refractivity (Wildman–Crippen MR) is 129 cm³/mol. The molecule has 1 amide bonds. The molecule has 4 N–H and O–H groups in total. The van der Waals surface area contributed by atoms with Crippen molar-refractivity contribution >= 4 is 22.6 Å². The summed E-state index contributed by atoms with van der Waals surface area (Å²) in [6.45, 7) is -0.691. The summed E-state index contributed by atoms with van der Waals surface area (Å²) >= 11 is 0. The van der Waals surface area contributed by atoms with E-state index in [1.165, 1.54) is 18.3 Å². The van der Waals surface area contributed by atoms with E-state index in [4.69, 9.17) is 15.7 Å². The number of nitrogens with one attached hydrogen (secondary N) is 1. The molecule has 182 valence electrons. The summed E-state index contributed by atoms with van der Waals surface area (Å²) in [5, 5.41) is 11.6. The number of carbonyl (C=O) groups excluding carboxylic acids is 1. The van der Waals surface area contributed by atoms with E-state index in [1.807, 2.05) is 6.07 Å². The fraction of sp³-hybridized carbons (Fsp3) is 0.115. The van der Waals surface area contributed by atoms with E-state index in [0.29, 0.717) is 11.6 Å². The number of nitrogen functional groups attached to an aromatic ring is 1. The van der Waals surface area contributed by atoms with Crippen LogP contribution in [0.25, 0.3) is 11.0 Å². The Labute approximate surface area is 203 Å². The van der Waals surface area contributed by atoms with Gasteiger partial charge in [0.25, 0.3) is 11.5 Å². The van der Waals surface area contributed by atoms with E-state index in [-0.39, 0.29) is 42.0 Å². The number of halogens is 2. The van der Waals surface area contributed by atoms with Gasteiger partial charge >= 0.3 is 0 Å². The fourth-order valence-electron chi connectivity index (χ4n) is 3.46. The topological polar surface area (TPSA) is 119 Å². The molecule has 2 aromatic heterocycles. The first kappa shape index (κ1) is 24.4. The molecule has 4 rings (SSSR count). The molecule has 2 aromatic carbocycles. The Morgan fingerprint density at radius 2 is 1.94 bits per heavy atom. The summed E-state index contributed by atoms with van der Waals surface area (Å²) < 4.78 is 28.1. The number of pyridine rings is 2. The number of nitrogens with zero attached hydrogens (tertiary/aromatic N) is 2. The SMILES string of the molecule is Nc1c(C(=O)NCc2ccc(F)cc2F)c(=O)n(OCc2ccccc2)c2ncc(C#CCO)cc12. The van der Waals surface area contributed by atoms with Crippen LogP contribution in [-0.4, -0.2) is 27.3 Å². The lowest BCUT2D eigenvalue weighted by atomic mass is 10.1. The second kappa shape index (κ2) is 10.7. The summed E-state index contributed by atoms with van der Waals surface area (Å²) in [4.78, 5) is 36.3. The van der Waals surface area contributed by atoms with Crippen LogP contribution in [0.2, 0.25) is 0 Å². The third kappa shape index (κ3) is 5.16. The van der Waals surface area contributed by atoms with Gasteiger partial charge in [-0.15, -0.1) is 4.73 Å². The molecule has 2 heterocycles. The highest BCUT2D eigenvalue weighted by atomic mass is 19.1. The van der Waals surface area contributed by atoms with Gasteiger partial charge in [0, 0.05) is 35.3 Å². The highest BCUT2D eigenvalue weighted by molar-refractivity contribution is 6.05. The van der Waals surface area contributed by atoms with Crippen LogP contribution in [0.4, 0.5) is 14.5 Å². The van der Waals surface area contributed by atoms with Gasteiger partial charge in [0.1, 0.15) is 30.4 Å². The molecule has 36 heavy (non-hydrogen) atoms. The van der Waals surface area contributed by atoms with Crippen LogP contribution in [0.15, 0.2) is 65.6 Å². The molecule has 0 spiro atoms. The summed E-state index contributed by atoms with van der Waals surface area (Å²) in [5.41, 5.74) is 5.97. The van der Waals surface area contributed by atoms with Gasteiger partial charge in [-0.1, -0.05) is 48.2 Å². The lowest BCUT2D eigenvalue weighted by Crippen LogP contribution is -2.37. The van der Waals surface area contributed by atoms with Crippen LogP contribution in [0.5, 0.6) is 0 Å². The average Bonchev–Trinajstić information content (AvgIpc) is 2.87. The van der Waals surface area contributed by atoms with Gasteiger partial charge < -0.3 is 21.0 Å². The maximum atomic E-state index is 14.0. The molecule has 4 aromatic rings. The number of aliphatic hydroxyl groups is 1. The minimum atomic E-state index is -0.882. The molecule has 8 nitrogen and oxygen atoms in total. The van der Waals surface area contributed by atoms with Gasteiger partial charge in [-0.05, 0) is 17.7 Å². The number of hydrogen-bond acceptors (Lipinski definition) is 6. The Kier molecular flexibility index (Phi) is 7.23. The third-order valence-electron chi connectivity index (χ3n) is 5.21. The number of fused-ring (bicyclic) bond motifs is 1. The second-order valence-corrected chi connectivity index (χ2v) is 7.62. The number of hydrogen-bond donors (Lipinski definition) is 3. The van der Waals surface area contributed by atoms with Crippen LogP contribution in [0.1, 0.15) is 27.0 Å². The molecule has 0 radical (unpaired) electrons. The van der Waals surface area contributed by atoms with Crippen molar-refractivity contribution in [2.24, 2.45) is 0 Å². The third-order valence-corrected chi connectivity index (χ3v) is 5.21. The monoisotopic (exact) mass is 490 g/mol. The van der Waals surface area contributed by atoms with Gasteiger partial charge in [-0.2, -0.15) is 0 Å². The molecule has 0 saturated heterocycles. The smallest absolute Gasteiger partial charge is 0.300 e. The van der Waals surface area contributed by atoms with Crippen LogP contribution in [0, 0.1) is 23.5 Å². The molecule has 0 unspecified atom stereocenters. The maximum Gasteiger partial charge on any atom is 0.300 e. The zero-order chi connectivity index (χ0) is 25.7. The first-order valence-electron chi connectivity index (χ1n) is 10.7. The summed E-state index contributed by atoms with van der Waals surface area (Å²) in [6, 6.07) is 13.5. The van der Waals surface area contributed by atoms with Gasteiger partial charge in [-0.25, -0.2) is 13.8 Å². The van der Waals surface area contributed by atoms with E-state index >= 15 is 0 Å². The average molecular weight is 490 g/mol. The lowest BCUT2D eigenvalue weighted by molar-refractivity contribution is 0.0898. The molecule has 0 aliphatic heterocycles. The van der Waals surface area contributed by atoms with Gasteiger partial charge in [0.05, 0.1) is 5.69 Å². The number of benzene rings is 2. The molecule has 0 fully saturated rings. The summed E-state index contributed by atoms with van der Waals surface area (Å²) in [6.07, 6.45) is 1.38. The van der Waals surface area contributed by atoms with Crippen molar-refractivity contribution in [2.45, 2.75) is 13.2 Å². The molecule has 0 atom stereocenters. The summed E-state index contributed by atoms with van der Waals surface area (Å²) in [7, 11) is 0. The van der Waals surface area contributed by atoms with Crippen molar-refractivity contribution in [3.8, 4) is 11.8 Å². The molecule has 0 saturated carbocycles. The van der Waals surface area contributed by atoms with Crippen LogP contribution >= 0.6 is 0 Å². The van der Waals surface area contributed by atoms with Crippen LogP contribution in [-0.2, 0) is 13.2 Å². The number of aliphatic hydroxyl groups excluding tert-OH is 1. The fourth-order valence-corrected chi connectivity index (χ4v) is 3.46. The van der Waals surface area contributed by atoms with Gasteiger partial charge in [-0.3, -0.25) is 9.59 Å². The van der Waals surface area contributed by atoms with Crippen molar-refractivity contribution in [2.75, 3.05) is 12.3 Å². The Morgan fingerprint density at radius 1 is 1.17 bits per heavy atom. The highest BCUT2D eigenvalue weighted by Crippen LogP contribution is 2.22. The number of aromatic nitrogens is 2. The van der Waals surface area contributed by atoms with E-state index in [1.54, 1.807) is 24.3 Å². The minimum absolute atomic E-state index is 0.00460. The molecule has 0 aliphatic rings. The van der Waals surface area contributed by atoms with E-state index in [2.05, 4.69) is 22.1 Å². The Bertz CT molecular complexity index is 1560. The summed E-state index contributed by atoms with van der Waals surface area (Å²) in [5.74, 6) is 2.70. The van der Waals surface area contributed by atoms with Gasteiger partial charge in [0.15, 0.2) is 5.65 Å². The Hall–Kier alpha value is -4.75. The van der Waals surface area contributed by atoms with Crippen molar-refractivity contribution in [3.05, 3.63) is 105 Å². The quantitative estimate of drug-likeness (QED) is 0.357. The Balaban J connectivity index is 1.76. The van der Waals surface area contributed by atoms with Gasteiger partial charge in [0.2, 0.25) is 0 Å². The van der Waals surface area contributed by atoms with Crippen molar-refractivity contribution < 1.29 is 23.5 Å². The zero-order valence-corrected chi connectivity index (χ0v) is 18.8. The van der Waals surface area contributed by atoms with Crippen LogP contribution in [0.3, 0.4) is 0 Å². The molecular formula is C26H20F2N4O4. The molecule has 0 aliphatic carbocycles. The molecular weight excluding hydrogens is 470 g/mol. The van der Waals surface area contributed by atoms with E-state index in [9.17, 15) is 18.4 Å². The lowest BCUT2D eigenvalue weighted by Gasteiger charge is -2.16. The normalized spacial score (nSPS) is 10.5. The molecule has 10 heteroatoms. The number of rotatable bonds is 6. The second-order valence-electron chi connectivity index (χ2n) is 7.62. The highest BCUT2D eigenvalue weighted by Gasteiger charge is 2.23. The maximum absolute atomic E-state index is 14.0. The predicted octanol–water partition coefficient (Wildman–Crippen LogP) is 2.16. The minimum Gasteiger partial charge on any atom is -0.404 e. The standard InChI is InChI=1S/C26H20F2N4O4/c27-19-9-8-18(21(28)12-19)14-31-25(34)22-23(29)20-11-17(7-4-10-33)13-30-24(20)32(26(22)35)36-15-16-5-2-1-3-6-16/h1-3,5-6,8-9,11-13,33H,10,14-15,29H2,(H,31,34). The molecule has 0 bridgehead atoms. The first-order chi connectivity index (χ1) is 17.4. The van der Waals surface area contributed by atoms with E-state index < -0.39 is 28.7 Å². The largest absolute Gasteiger partial charge is 0.404 e. The van der Waals surface area contributed by atoms with Crippen LogP contribution < -0.4 is 21.4 Å². The number of anilines is 1. The zero-order valence-electron chi connectivity index (χ0n) is 18.8. The van der Waals surface area contributed by atoms with Crippen molar-refractivity contribution in [1.29, 1.82) is 0 Å². The number of carbonyl (C=O) groups is 1.